The lowest BCUT2D eigenvalue weighted by atomic mass is 10.1. The first kappa shape index (κ1) is 31.1. The fraction of sp³-hybridized carbons (Fsp3) is 0.781. The second kappa shape index (κ2) is 19.0. The molecule has 4 heteroatoms. The third-order valence-electron chi connectivity index (χ3n) is 7.97. The number of quaternary nitrogens is 1. The van der Waals surface area contributed by atoms with Gasteiger partial charge in [-0.2, -0.15) is 0 Å². The molecule has 0 N–H and O–H groups in total. The van der Waals surface area contributed by atoms with Gasteiger partial charge in [0, 0.05) is 0 Å². The Labute approximate surface area is 226 Å². The summed E-state index contributed by atoms with van der Waals surface area (Å²) in [6.45, 7) is 11.4. The van der Waals surface area contributed by atoms with Crippen LogP contribution in [0.25, 0.3) is 10.2 Å². The molecule has 36 heavy (non-hydrogen) atoms. The van der Waals surface area contributed by atoms with Crippen LogP contribution in [0.15, 0.2) is 29.1 Å². The molecule has 0 aliphatic rings. The third-order valence-corrected chi connectivity index (χ3v) is 8.93. The van der Waals surface area contributed by atoms with Crippen LogP contribution in [0.4, 0.5) is 0 Å². The van der Waals surface area contributed by atoms with Gasteiger partial charge in [0.1, 0.15) is 0 Å². The Morgan fingerprint density at radius 2 is 1.03 bits per heavy atom. The van der Waals surface area contributed by atoms with Crippen molar-refractivity contribution in [3.8, 4) is 0 Å². The predicted molar refractivity (Wildman–Crippen MR) is 161 cm³/mol. The van der Waals surface area contributed by atoms with Crippen LogP contribution in [0.5, 0.6) is 0 Å². The fourth-order valence-electron chi connectivity index (χ4n) is 5.68. The highest BCUT2D eigenvalue weighted by Gasteiger charge is 2.28. The van der Waals surface area contributed by atoms with Crippen LogP contribution in [0.1, 0.15) is 136 Å². The molecule has 0 spiro atoms. The summed E-state index contributed by atoms with van der Waals surface area (Å²) in [5, 5.41) is 0. The van der Waals surface area contributed by atoms with Gasteiger partial charge in [-0.3, -0.25) is 9.36 Å². The minimum Gasteiger partial charge on any atom is -0.306 e. The van der Waals surface area contributed by atoms with Crippen molar-refractivity contribution in [2.45, 2.75) is 143 Å². The van der Waals surface area contributed by atoms with Crippen molar-refractivity contribution in [3.05, 3.63) is 33.9 Å². The first-order valence-electron chi connectivity index (χ1n) is 15.6. The van der Waals surface area contributed by atoms with Crippen LogP contribution in [-0.4, -0.2) is 28.7 Å². The van der Waals surface area contributed by atoms with Crippen LogP contribution in [0.2, 0.25) is 0 Å². The van der Waals surface area contributed by atoms with Crippen molar-refractivity contribution >= 4 is 21.6 Å². The van der Waals surface area contributed by atoms with Gasteiger partial charge in [-0.15, -0.1) is 0 Å². The Hall–Kier alpha value is -1.13. The van der Waals surface area contributed by atoms with Crippen molar-refractivity contribution in [2.24, 2.45) is 0 Å². The van der Waals surface area contributed by atoms with Crippen molar-refractivity contribution in [3.63, 3.8) is 0 Å². The van der Waals surface area contributed by atoms with Gasteiger partial charge in [0.05, 0.1) is 29.9 Å². The molecule has 0 atom stereocenters. The number of nitrogens with zero attached hydrogens (tertiary/aromatic N) is 2. The maximum absolute atomic E-state index is 13.1. The van der Waals surface area contributed by atoms with Crippen molar-refractivity contribution in [2.75, 3.05) is 19.6 Å². The van der Waals surface area contributed by atoms with E-state index in [1.807, 2.05) is 0 Å². The minimum atomic E-state index is 0.229. The van der Waals surface area contributed by atoms with Gasteiger partial charge in [-0.1, -0.05) is 121 Å². The van der Waals surface area contributed by atoms with Gasteiger partial charge in [0.25, 0.3) is 0 Å². The van der Waals surface area contributed by atoms with E-state index < -0.39 is 0 Å². The summed E-state index contributed by atoms with van der Waals surface area (Å²) >= 11 is 1.43. The van der Waals surface area contributed by atoms with Gasteiger partial charge in [-0.05, 0) is 50.7 Å². The van der Waals surface area contributed by atoms with E-state index in [9.17, 15) is 4.79 Å². The number of thiazole rings is 1. The molecule has 0 aliphatic heterocycles. The second-order valence-corrected chi connectivity index (χ2v) is 12.2. The molecule has 2 rings (SSSR count). The molecule has 1 heterocycles. The van der Waals surface area contributed by atoms with Gasteiger partial charge in [0.15, 0.2) is 6.67 Å². The zero-order valence-corrected chi connectivity index (χ0v) is 24.9. The Bertz CT molecular complexity index is 814. The van der Waals surface area contributed by atoms with Gasteiger partial charge in [0.2, 0.25) is 0 Å². The van der Waals surface area contributed by atoms with E-state index in [0.29, 0.717) is 0 Å². The molecule has 206 valence electrons. The van der Waals surface area contributed by atoms with Crippen LogP contribution >= 0.6 is 11.3 Å². The lowest BCUT2D eigenvalue weighted by Gasteiger charge is -2.39. The average molecular weight is 518 g/mol. The standard InChI is InChI=1S/C32H57N2OS/c1-4-7-10-13-16-21-26-34(27-22-17-14-11-8-5-2,28-23-18-15-12-9-6-3)29-33-30-24-19-20-25-31(30)36-32(33)35/h19-20,24-25H,4-18,21-23,26-29H2,1-3H3/q+1. The van der Waals surface area contributed by atoms with Crippen molar-refractivity contribution in [1.29, 1.82) is 0 Å². The summed E-state index contributed by atoms with van der Waals surface area (Å²) in [6.07, 6.45) is 24.2. The lowest BCUT2D eigenvalue weighted by molar-refractivity contribution is -0.949. The summed E-state index contributed by atoms with van der Waals surface area (Å²) in [5.74, 6) is 0. The molecular formula is C32H57N2OS+. The van der Waals surface area contributed by atoms with Crippen LogP contribution in [0.3, 0.4) is 0 Å². The zero-order chi connectivity index (χ0) is 25.9. The minimum absolute atomic E-state index is 0.229. The Morgan fingerprint density at radius 3 is 1.50 bits per heavy atom. The number of benzene rings is 1. The molecule has 0 saturated heterocycles. The summed E-state index contributed by atoms with van der Waals surface area (Å²) < 4.78 is 4.38. The lowest BCUT2D eigenvalue weighted by Crippen LogP contribution is -2.52. The number of hydrogen-bond acceptors (Lipinski definition) is 2. The first-order chi connectivity index (χ1) is 17.7. The Kier molecular flexibility index (Phi) is 16.4. The molecule has 0 bridgehead atoms. The van der Waals surface area contributed by atoms with Crippen LogP contribution < -0.4 is 4.87 Å². The Balaban J connectivity index is 2.15. The third kappa shape index (κ3) is 11.5. The topological polar surface area (TPSA) is 22.0 Å². The number of rotatable bonds is 23. The molecule has 0 amide bonds. The average Bonchev–Trinajstić information content (AvgIpc) is 3.20. The fourth-order valence-corrected chi connectivity index (χ4v) is 6.56. The number of para-hydroxylation sites is 1. The smallest absolute Gasteiger partial charge is 0.306 e. The van der Waals surface area contributed by atoms with Gasteiger partial charge >= 0.3 is 4.87 Å². The highest BCUT2D eigenvalue weighted by Crippen LogP contribution is 2.23. The maximum atomic E-state index is 13.1. The SMILES string of the molecule is CCCCCCCC[N+](CCCCCCCC)(CCCCCCCC)Cn1c(=O)sc2ccccc21. The molecule has 0 fully saturated rings. The predicted octanol–water partition coefficient (Wildman–Crippen LogP) is 9.92. The van der Waals surface area contributed by atoms with Gasteiger partial charge < -0.3 is 4.48 Å². The molecule has 0 aliphatic carbocycles. The summed E-state index contributed by atoms with van der Waals surface area (Å²) in [7, 11) is 0. The van der Waals surface area contributed by atoms with E-state index >= 15 is 0 Å². The van der Waals surface area contributed by atoms with Crippen molar-refractivity contribution in [1.82, 2.24) is 4.57 Å². The van der Waals surface area contributed by atoms with E-state index in [1.165, 1.54) is 147 Å². The highest BCUT2D eigenvalue weighted by molar-refractivity contribution is 7.16. The van der Waals surface area contributed by atoms with E-state index in [1.54, 1.807) is 0 Å². The number of fused-ring (bicyclic) bond motifs is 1. The normalized spacial score (nSPS) is 12.1. The molecule has 1 aromatic carbocycles. The molecule has 1 aromatic heterocycles. The summed E-state index contributed by atoms with van der Waals surface area (Å²) in [5.41, 5.74) is 1.14. The van der Waals surface area contributed by atoms with Gasteiger partial charge in [-0.25, -0.2) is 0 Å². The summed E-state index contributed by atoms with van der Waals surface area (Å²) in [6, 6.07) is 8.42. The monoisotopic (exact) mass is 517 g/mol. The highest BCUT2D eigenvalue weighted by atomic mass is 32.1. The van der Waals surface area contributed by atoms with E-state index in [2.05, 4.69) is 49.6 Å². The molecule has 0 saturated carbocycles. The first-order valence-corrected chi connectivity index (χ1v) is 16.4. The molecule has 3 nitrogen and oxygen atoms in total. The number of hydrogen-bond donors (Lipinski definition) is 0. The number of unbranched alkanes of at least 4 members (excludes halogenated alkanes) is 15. The molecule has 0 unspecified atom stereocenters. The number of aromatic nitrogens is 1. The van der Waals surface area contributed by atoms with Crippen molar-refractivity contribution < 1.29 is 4.48 Å². The zero-order valence-electron chi connectivity index (χ0n) is 24.1. The maximum Gasteiger partial charge on any atom is 0.312 e. The largest absolute Gasteiger partial charge is 0.312 e. The van der Waals surface area contributed by atoms with E-state index in [0.717, 1.165) is 21.4 Å². The summed E-state index contributed by atoms with van der Waals surface area (Å²) in [4.78, 5) is 13.4. The molecular weight excluding hydrogens is 460 g/mol. The second-order valence-electron chi connectivity index (χ2n) is 11.2. The molecule has 0 radical (unpaired) electrons. The quantitative estimate of drug-likeness (QED) is 0.106. The van der Waals surface area contributed by atoms with E-state index in [-0.39, 0.29) is 4.87 Å². The Morgan fingerprint density at radius 1 is 0.611 bits per heavy atom. The van der Waals surface area contributed by atoms with E-state index in [4.69, 9.17) is 0 Å². The van der Waals surface area contributed by atoms with Crippen LogP contribution in [-0.2, 0) is 6.67 Å². The molecule has 2 aromatic rings. The van der Waals surface area contributed by atoms with Crippen LogP contribution in [0, 0.1) is 0 Å².